The minimum atomic E-state index is -4.78. The number of rotatable bonds is 3. The number of carbonyl (C=O) groups is 1. The van der Waals surface area contributed by atoms with Gasteiger partial charge in [-0.05, 0) is 31.5 Å². The van der Waals surface area contributed by atoms with Crippen LogP contribution in [0.25, 0.3) is 0 Å². The molecule has 20 heavy (non-hydrogen) atoms. The van der Waals surface area contributed by atoms with Gasteiger partial charge in [0.15, 0.2) is 5.75 Å². The molecule has 110 valence electrons. The van der Waals surface area contributed by atoms with Gasteiger partial charge in [0.25, 0.3) is 0 Å². The summed E-state index contributed by atoms with van der Waals surface area (Å²) in [4.78, 5) is 12.0. The van der Waals surface area contributed by atoms with Crippen LogP contribution in [0, 0.1) is 5.92 Å². The average molecular weight is 288 g/mol. The van der Waals surface area contributed by atoms with E-state index in [0.29, 0.717) is 6.54 Å². The van der Waals surface area contributed by atoms with Crippen LogP contribution in [-0.2, 0) is 4.79 Å². The number of anilines is 1. The topological polar surface area (TPSA) is 50.4 Å². The molecular weight excluding hydrogens is 273 g/mol. The number of piperidine rings is 1. The highest BCUT2D eigenvalue weighted by molar-refractivity contribution is 5.94. The van der Waals surface area contributed by atoms with Crippen molar-refractivity contribution < 1.29 is 22.7 Å². The number of hydrogen-bond acceptors (Lipinski definition) is 3. The summed E-state index contributed by atoms with van der Waals surface area (Å²) in [5, 5.41) is 5.58. The third-order valence-corrected chi connectivity index (χ3v) is 3.04. The van der Waals surface area contributed by atoms with Crippen LogP contribution in [0.4, 0.5) is 18.9 Å². The fourth-order valence-corrected chi connectivity index (χ4v) is 2.09. The standard InChI is InChI=1S/C13H15F3N2O2/c14-13(15,16)20-11-6-2-1-5-10(11)18-12(19)9-4-3-7-17-8-9/h1-2,5-6,9,17H,3-4,7-8H2,(H,18,19). The molecule has 0 spiro atoms. The van der Waals surface area contributed by atoms with Gasteiger partial charge < -0.3 is 15.4 Å². The molecule has 0 aliphatic carbocycles. The van der Waals surface area contributed by atoms with E-state index < -0.39 is 12.1 Å². The van der Waals surface area contributed by atoms with Crippen LogP contribution >= 0.6 is 0 Å². The Hall–Kier alpha value is -1.76. The van der Waals surface area contributed by atoms with Crippen molar-refractivity contribution >= 4 is 11.6 Å². The molecule has 1 fully saturated rings. The quantitative estimate of drug-likeness (QED) is 0.898. The molecule has 1 aromatic carbocycles. The summed E-state index contributed by atoms with van der Waals surface area (Å²) < 4.78 is 40.7. The smallest absolute Gasteiger partial charge is 0.404 e. The van der Waals surface area contributed by atoms with Gasteiger partial charge in [0.1, 0.15) is 0 Å². The third-order valence-electron chi connectivity index (χ3n) is 3.04. The second-order valence-corrected chi connectivity index (χ2v) is 4.58. The molecule has 0 saturated carbocycles. The summed E-state index contributed by atoms with van der Waals surface area (Å²) in [6.45, 7) is 1.39. The molecule has 0 bridgehead atoms. The van der Waals surface area contributed by atoms with Gasteiger partial charge in [-0.1, -0.05) is 12.1 Å². The number of benzene rings is 1. The van der Waals surface area contributed by atoms with Gasteiger partial charge in [-0.3, -0.25) is 4.79 Å². The molecule has 1 atom stereocenters. The zero-order chi connectivity index (χ0) is 14.6. The van der Waals surface area contributed by atoms with Crippen molar-refractivity contribution in [3.8, 4) is 5.75 Å². The van der Waals surface area contributed by atoms with E-state index in [0.717, 1.165) is 19.4 Å². The Bertz CT molecular complexity index is 471. The van der Waals surface area contributed by atoms with E-state index in [9.17, 15) is 18.0 Å². The lowest BCUT2D eigenvalue weighted by Gasteiger charge is -2.22. The van der Waals surface area contributed by atoms with E-state index in [1.165, 1.54) is 24.3 Å². The lowest BCUT2D eigenvalue weighted by Crippen LogP contribution is -2.37. The normalized spacial score (nSPS) is 19.4. The average Bonchev–Trinajstić information content (AvgIpc) is 2.40. The molecule has 2 N–H and O–H groups in total. The molecule has 0 radical (unpaired) electrons. The van der Waals surface area contributed by atoms with E-state index in [1.54, 1.807) is 0 Å². The van der Waals surface area contributed by atoms with E-state index in [1.807, 2.05) is 0 Å². The molecule has 1 saturated heterocycles. The maximum absolute atomic E-state index is 12.3. The molecule has 1 unspecified atom stereocenters. The highest BCUT2D eigenvalue weighted by atomic mass is 19.4. The predicted octanol–water partition coefficient (Wildman–Crippen LogP) is 2.52. The van der Waals surface area contributed by atoms with Crippen molar-refractivity contribution in [3.05, 3.63) is 24.3 Å². The van der Waals surface area contributed by atoms with Crippen molar-refractivity contribution in [2.75, 3.05) is 18.4 Å². The highest BCUT2D eigenvalue weighted by Crippen LogP contribution is 2.30. The molecule has 1 heterocycles. The zero-order valence-corrected chi connectivity index (χ0v) is 10.7. The van der Waals surface area contributed by atoms with E-state index >= 15 is 0 Å². The first-order chi connectivity index (χ1) is 9.46. The Morgan fingerprint density at radius 2 is 2.10 bits per heavy atom. The minimum Gasteiger partial charge on any atom is -0.404 e. The van der Waals surface area contributed by atoms with Gasteiger partial charge in [-0.25, -0.2) is 0 Å². The Balaban J connectivity index is 2.06. The number of halogens is 3. The number of alkyl halides is 3. The summed E-state index contributed by atoms with van der Waals surface area (Å²) in [5.74, 6) is -0.935. The van der Waals surface area contributed by atoms with Crippen molar-refractivity contribution in [2.45, 2.75) is 19.2 Å². The molecule has 4 nitrogen and oxygen atoms in total. The highest BCUT2D eigenvalue weighted by Gasteiger charge is 2.32. The largest absolute Gasteiger partial charge is 0.573 e. The molecule has 1 aliphatic rings. The Kier molecular flexibility index (Phi) is 4.49. The van der Waals surface area contributed by atoms with E-state index in [-0.39, 0.29) is 17.5 Å². The summed E-state index contributed by atoms with van der Waals surface area (Å²) in [6.07, 6.45) is -3.19. The van der Waals surface area contributed by atoms with Crippen molar-refractivity contribution in [1.29, 1.82) is 0 Å². The Morgan fingerprint density at radius 3 is 2.75 bits per heavy atom. The number of hydrogen-bond donors (Lipinski definition) is 2. The lowest BCUT2D eigenvalue weighted by atomic mass is 9.99. The van der Waals surface area contributed by atoms with Crippen LogP contribution in [0.15, 0.2) is 24.3 Å². The molecule has 1 aromatic rings. The van der Waals surface area contributed by atoms with Crippen molar-refractivity contribution in [2.24, 2.45) is 5.92 Å². The van der Waals surface area contributed by atoms with Crippen molar-refractivity contribution in [1.82, 2.24) is 5.32 Å². The maximum Gasteiger partial charge on any atom is 0.573 e. The third kappa shape index (κ3) is 4.12. The van der Waals surface area contributed by atoms with Gasteiger partial charge >= 0.3 is 6.36 Å². The Morgan fingerprint density at radius 1 is 1.35 bits per heavy atom. The summed E-state index contributed by atoms with van der Waals surface area (Å²) >= 11 is 0. The minimum absolute atomic E-state index is 0.0281. The fourth-order valence-electron chi connectivity index (χ4n) is 2.09. The van der Waals surface area contributed by atoms with Gasteiger partial charge in [0.2, 0.25) is 5.91 Å². The summed E-state index contributed by atoms with van der Waals surface area (Å²) in [6, 6.07) is 5.51. The first kappa shape index (κ1) is 14.6. The van der Waals surface area contributed by atoms with Crippen LogP contribution in [0.5, 0.6) is 5.75 Å². The number of carbonyl (C=O) groups excluding carboxylic acids is 1. The van der Waals surface area contributed by atoms with E-state index in [2.05, 4.69) is 15.4 Å². The fraction of sp³-hybridized carbons (Fsp3) is 0.462. The number of nitrogens with one attached hydrogen (secondary N) is 2. The summed E-state index contributed by atoms with van der Waals surface area (Å²) in [5.41, 5.74) is 0.0281. The zero-order valence-electron chi connectivity index (χ0n) is 10.7. The molecule has 7 heteroatoms. The van der Waals surface area contributed by atoms with Gasteiger partial charge in [0, 0.05) is 6.54 Å². The molecule has 1 amide bonds. The molecular formula is C13H15F3N2O2. The molecule has 0 aromatic heterocycles. The van der Waals surface area contributed by atoms with E-state index in [4.69, 9.17) is 0 Å². The van der Waals surface area contributed by atoms with Gasteiger partial charge in [0.05, 0.1) is 11.6 Å². The van der Waals surface area contributed by atoms with Crippen LogP contribution in [0.1, 0.15) is 12.8 Å². The summed E-state index contributed by atoms with van der Waals surface area (Å²) in [7, 11) is 0. The number of amides is 1. The van der Waals surface area contributed by atoms with Crippen molar-refractivity contribution in [3.63, 3.8) is 0 Å². The number of para-hydroxylation sites is 2. The van der Waals surface area contributed by atoms with Crippen LogP contribution in [0.2, 0.25) is 0 Å². The molecule has 2 rings (SSSR count). The first-order valence-corrected chi connectivity index (χ1v) is 6.32. The second kappa shape index (κ2) is 6.13. The molecule has 1 aliphatic heterocycles. The van der Waals surface area contributed by atoms with Crippen LogP contribution < -0.4 is 15.4 Å². The predicted molar refractivity (Wildman–Crippen MR) is 67.3 cm³/mol. The maximum atomic E-state index is 12.3. The first-order valence-electron chi connectivity index (χ1n) is 6.32. The Labute approximate surface area is 114 Å². The van der Waals surface area contributed by atoms with Crippen LogP contribution in [0.3, 0.4) is 0 Å². The van der Waals surface area contributed by atoms with Gasteiger partial charge in [-0.15, -0.1) is 13.2 Å². The van der Waals surface area contributed by atoms with Gasteiger partial charge in [-0.2, -0.15) is 0 Å². The number of ether oxygens (including phenoxy) is 1. The second-order valence-electron chi connectivity index (χ2n) is 4.58. The monoisotopic (exact) mass is 288 g/mol. The lowest BCUT2D eigenvalue weighted by molar-refractivity contribution is -0.274. The van der Waals surface area contributed by atoms with Crippen LogP contribution in [-0.4, -0.2) is 25.4 Å². The SMILES string of the molecule is O=C(Nc1ccccc1OC(F)(F)F)C1CCCNC1.